The molecule has 6 nitrogen and oxygen atoms in total. The molecule has 2 heterocycles. The van der Waals surface area contributed by atoms with Crippen LogP contribution in [0.25, 0.3) is 10.8 Å². The summed E-state index contributed by atoms with van der Waals surface area (Å²) in [6, 6.07) is 6.61. The number of anilines is 2. The third-order valence-electron chi connectivity index (χ3n) is 3.96. The van der Waals surface area contributed by atoms with E-state index in [-0.39, 0.29) is 17.8 Å². The Hall–Kier alpha value is -2.04. The number of hydrogen-bond donors (Lipinski definition) is 1. The van der Waals surface area contributed by atoms with E-state index in [1.807, 2.05) is 22.6 Å². The van der Waals surface area contributed by atoms with Gasteiger partial charge in [0.1, 0.15) is 5.82 Å². The molecule has 136 valence electrons. The van der Waals surface area contributed by atoms with E-state index in [0.717, 1.165) is 3.57 Å². The first-order valence-electron chi connectivity index (χ1n) is 7.78. The summed E-state index contributed by atoms with van der Waals surface area (Å²) in [5, 5.41) is 4.06. The van der Waals surface area contributed by atoms with E-state index >= 15 is 0 Å². The van der Waals surface area contributed by atoms with Crippen molar-refractivity contribution in [1.82, 2.24) is 9.55 Å². The molecule has 0 saturated carbocycles. The summed E-state index contributed by atoms with van der Waals surface area (Å²) in [6.45, 7) is 0.238. The van der Waals surface area contributed by atoms with Crippen molar-refractivity contribution >= 4 is 44.7 Å². The van der Waals surface area contributed by atoms with E-state index < -0.39 is 12.1 Å². The topological polar surface area (TPSA) is 65.4 Å². The van der Waals surface area contributed by atoms with Gasteiger partial charge >= 0.3 is 0 Å². The molecule has 0 aliphatic heterocycles. The number of aromatic nitrogens is 2. The summed E-state index contributed by atoms with van der Waals surface area (Å²) in [4.78, 5) is 17.1. The van der Waals surface area contributed by atoms with Crippen molar-refractivity contribution in [3.8, 4) is 0 Å². The molecule has 0 atom stereocenters. The maximum absolute atomic E-state index is 14.2. The minimum atomic E-state index is -0.544. The van der Waals surface area contributed by atoms with Gasteiger partial charge in [0.15, 0.2) is 6.29 Å². The largest absolute Gasteiger partial charge is 0.354 e. The number of nitrogens with zero attached hydrogens (tertiary/aromatic N) is 2. The fourth-order valence-corrected chi connectivity index (χ4v) is 3.06. The van der Waals surface area contributed by atoms with Crippen molar-refractivity contribution in [1.29, 1.82) is 0 Å². The highest BCUT2D eigenvalue weighted by atomic mass is 127. The SMILES string of the molecule is COC(Cn1ccc2cncc(Nc3ccc(I)cc3F)c2c1=O)OC. The summed E-state index contributed by atoms with van der Waals surface area (Å²) in [5.41, 5.74) is 0.479. The predicted octanol–water partition coefficient (Wildman–Crippen LogP) is 3.50. The summed E-state index contributed by atoms with van der Waals surface area (Å²) in [5.74, 6) is -0.399. The molecule has 0 aliphatic rings. The molecule has 0 aliphatic carbocycles. The second-order valence-corrected chi connectivity index (χ2v) is 6.82. The van der Waals surface area contributed by atoms with E-state index in [1.54, 1.807) is 30.6 Å². The van der Waals surface area contributed by atoms with Crippen molar-refractivity contribution in [2.45, 2.75) is 12.8 Å². The van der Waals surface area contributed by atoms with E-state index in [4.69, 9.17) is 9.47 Å². The van der Waals surface area contributed by atoms with E-state index in [1.165, 1.54) is 31.0 Å². The summed E-state index contributed by atoms with van der Waals surface area (Å²) < 4.78 is 26.8. The minimum Gasteiger partial charge on any atom is -0.354 e. The normalized spacial score (nSPS) is 11.3. The molecule has 3 rings (SSSR count). The fourth-order valence-electron chi connectivity index (χ4n) is 2.60. The van der Waals surface area contributed by atoms with Crippen LogP contribution < -0.4 is 10.9 Å². The third kappa shape index (κ3) is 3.87. The van der Waals surface area contributed by atoms with Crippen molar-refractivity contribution in [2.24, 2.45) is 0 Å². The van der Waals surface area contributed by atoms with Gasteiger partial charge in [0.25, 0.3) is 5.56 Å². The second-order valence-electron chi connectivity index (χ2n) is 5.57. The number of pyridine rings is 2. The Labute approximate surface area is 163 Å². The van der Waals surface area contributed by atoms with Crippen LogP contribution in [0.1, 0.15) is 0 Å². The predicted molar refractivity (Wildman–Crippen MR) is 106 cm³/mol. The highest BCUT2D eigenvalue weighted by molar-refractivity contribution is 14.1. The number of nitrogens with one attached hydrogen (secondary N) is 1. The molecule has 0 saturated heterocycles. The zero-order valence-corrected chi connectivity index (χ0v) is 16.4. The molecule has 3 aromatic rings. The molecule has 0 bridgehead atoms. The quantitative estimate of drug-likeness (QED) is 0.443. The smallest absolute Gasteiger partial charge is 0.260 e. The Morgan fingerprint density at radius 1 is 1.23 bits per heavy atom. The molecule has 1 aromatic carbocycles. The van der Waals surface area contributed by atoms with E-state index in [0.29, 0.717) is 16.5 Å². The third-order valence-corrected chi connectivity index (χ3v) is 4.63. The molecule has 26 heavy (non-hydrogen) atoms. The zero-order valence-electron chi connectivity index (χ0n) is 14.2. The van der Waals surface area contributed by atoms with Crippen LogP contribution in [0.4, 0.5) is 15.8 Å². The lowest BCUT2D eigenvalue weighted by molar-refractivity contribution is -0.111. The lowest BCUT2D eigenvalue weighted by Crippen LogP contribution is -2.28. The van der Waals surface area contributed by atoms with Gasteiger partial charge in [-0.15, -0.1) is 0 Å². The zero-order chi connectivity index (χ0) is 18.7. The first kappa shape index (κ1) is 18.7. The van der Waals surface area contributed by atoms with Crippen LogP contribution in [-0.4, -0.2) is 30.1 Å². The van der Waals surface area contributed by atoms with Gasteiger partial charge < -0.3 is 19.4 Å². The monoisotopic (exact) mass is 469 g/mol. The van der Waals surface area contributed by atoms with Crippen molar-refractivity contribution in [3.63, 3.8) is 0 Å². The van der Waals surface area contributed by atoms with E-state index in [2.05, 4.69) is 10.3 Å². The molecule has 0 radical (unpaired) electrons. The van der Waals surface area contributed by atoms with Gasteiger partial charge in [-0.3, -0.25) is 9.78 Å². The number of rotatable bonds is 6. The highest BCUT2D eigenvalue weighted by Gasteiger charge is 2.13. The van der Waals surface area contributed by atoms with Gasteiger partial charge in [-0.25, -0.2) is 4.39 Å². The molecule has 0 fully saturated rings. The van der Waals surface area contributed by atoms with Crippen molar-refractivity contribution in [3.05, 3.63) is 62.6 Å². The fraction of sp³-hybridized carbons (Fsp3) is 0.222. The van der Waals surface area contributed by atoms with Crippen LogP contribution in [0.5, 0.6) is 0 Å². The summed E-state index contributed by atoms with van der Waals surface area (Å²) in [6.07, 6.45) is 4.22. The minimum absolute atomic E-state index is 0.238. The van der Waals surface area contributed by atoms with Gasteiger partial charge in [0, 0.05) is 35.6 Å². The molecule has 2 aromatic heterocycles. The number of fused-ring (bicyclic) bond motifs is 1. The van der Waals surface area contributed by atoms with Crippen LogP contribution in [0.3, 0.4) is 0 Å². The number of halogens is 2. The molecular weight excluding hydrogens is 452 g/mol. The van der Waals surface area contributed by atoms with Gasteiger partial charge in [-0.1, -0.05) is 0 Å². The Bertz CT molecular complexity index is 989. The number of ether oxygens (including phenoxy) is 2. The van der Waals surface area contributed by atoms with Crippen molar-refractivity contribution < 1.29 is 13.9 Å². The summed E-state index contributed by atoms with van der Waals surface area (Å²) >= 11 is 2.04. The maximum Gasteiger partial charge on any atom is 0.260 e. The number of hydrogen-bond acceptors (Lipinski definition) is 5. The van der Waals surface area contributed by atoms with Crippen LogP contribution in [-0.2, 0) is 16.0 Å². The Morgan fingerprint density at radius 3 is 2.69 bits per heavy atom. The highest BCUT2D eigenvalue weighted by Crippen LogP contribution is 2.25. The average molecular weight is 469 g/mol. The molecule has 1 N–H and O–H groups in total. The molecule has 8 heteroatoms. The van der Waals surface area contributed by atoms with Gasteiger partial charge in [-0.2, -0.15) is 0 Å². The van der Waals surface area contributed by atoms with Crippen molar-refractivity contribution in [2.75, 3.05) is 19.5 Å². The Morgan fingerprint density at radius 2 is 2.00 bits per heavy atom. The molecule has 0 spiro atoms. The lowest BCUT2D eigenvalue weighted by Gasteiger charge is -2.16. The Balaban J connectivity index is 2.06. The number of benzene rings is 1. The van der Waals surface area contributed by atoms with Crippen LogP contribution in [0, 0.1) is 9.39 Å². The average Bonchev–Trinajstić information content (AvgIpc) is 2.63. The lowest BCUT2D eigenvalue weighted by atomic mass is 10.2. The first-order valence-corrected chi connectivity index (χ1v) is 8.86. The Kier molecular flexibility index (Phi) is 5.84. The molecular formula is C18H17FIN3O3. The number of methoxy groups -OCH3 is 2. The van der Waals surface area contributed by atoms with Crippen LogP contribution >= 0.6 is 22.6 Å². The summed E-state index contributed by atoms with van der Waals surface area (Å²) in [7, 11) is 3.02. The molecule has 0 amide bonds. The standard InChI is InChI=1S/C18H17FIN3O3/c1-25-16(26-2)10-23-6-5-11-8-21-9-15(17(11)18(23)24)22-14-4-3-12(20)7-13(14)19/h3-9,16,22H,10H2,1-2H3. The second kappa shape index (κ2) is 8.11. The van der Waals surface area contributed by atoms with Crippen LogP contribution in [0.15, 0.2) is 47.7 Å². The van der Waals surface area contributed by atoms with Gasteiger partial charge in [0.05, 0.1) is 29.5 Å². The van der Waals surface area contributed by atoms with Crippen LogP contribution in [0.2, 0.25) is 0 Å². The van der Waals surface area contributed by atoms with Gasteiger partial charge in [0.2, 0.25) is 0 Å². The van der Waals surface area contributed by atoms with Gasteiger partial charge in [-0.05, 0) is 46.9 Å². The van der Waals surface area contributed by atoms with E-state index in [9.17, 15) is 9.18 Å². The maximum atomic E-state index is 14.2. The molecule has 0 unspecified atom stereocenters. The first-order chi connectivity index (χ1) is 12.5.